The van der Waals surface area contributed by atoms with Crippen LogP contribution in [0.3, 0.4) is 0 Å². The highest BCUT2D eigenvalue weighted by atomic mass is 32.1. The van der Waals surface area contributed by atoms with E-state index in [2.05, 4.69) is 15.2 Å². The fraction of sp³-hybridized carbons (Fsp3) is 0.308. The molecule has 1 N–H and O–H groups in total. The average molecular weight is 306 g/mol. The minimum atomic E-state index is 0.0601. The van der Waals surface area contributed by atoms with Crippen LogP contribution in [0.2, 0.25) is 0 Å². The van der Waals surface area contributed by atoms with Gasteiger partial charge in [-0.1, -0.05) is 0 Å². The third-order valence-electron chi connectivity index (χ3n) is 2.82. The van der Waals surface area contributed by atoms with Crippen molar-refractivity contribution in [3.63, 3.8) is 0 Å². The lowest BCUT2D eigenvalue weighted by Gasteiger charge is -2.17. The smallest absolute Gasteiger partial charge is 0.283 e. The molecule has 8 heteroatoms. The Bertz CT molecular complexity index is 651. The molecule has 0 bridgehead atoms. The monoisotopic (exact) mass is 306 g/mol. The summed E-state index contributed by atoms with van der Waals surface area (Å²) >= 11 is 1.57. The van der Waals surface area contributed by atoms with Crippen LogP contribution >= 0.6 is 11.3 Å². The SMILES string of the molecule is OCCN(Cc1nnc(-c2ccco2)o1)Cc1nccs1. The van der Waals surface area contributed by atoms with Gasteiger partial charge in [0.1, 0.15) is 5.01 Å². The zero-order valence-corrected chi connectivity index (χ0v) is 12.0. The van der Waals surface area contributed by atoms with Gasteiger partial charge in [0, 0.05) is 18.1 Å². The molecular formula is C13H14N4O3S. The number of hydrogen-bond donors (Lipinski definition) is 1. The van der Waals surface area contributed by atoms with E-state index in [0.717, 1.165) is 5.01 Å². The van der Waals surface area contributed by atoms with Crippen LogP contribution in [-0.2, 0) is 13.1 Å². The van der Waals surface area contributed by atoms with Gasteiger partial charge in [0.15, 0.2) is 5.76 Å². The summed E-state index contributed by atoms with van der Waals surface area (Å²) in [5, 5.41) is 20.0. The average Bonchev–Trinajstić information content (AvgIpc) is 3.21. The summed E-state index contributed by atoms with van der Waals surface area (Å²) in [6.45, 7) is 1.66. The van der Waals surface area contributed by atoms with Crippen LogP contribution in [-0.4, -0.2) is 38.3 Å². The van der Waals surface area contributed by atoms with Crippen molar-refractivity contribution >= 4 is 11.3 Å². The summed E-state index contributed by atoms with van der Waals surface area (Å²) in [5.41, 5.74) is 0. The first-order valence-corrected chi connectivity index (χ1v) is 7.31. The highest BCUT2D eigenvalue weighted by Crippen LogP contribution is 2.19. The molecule has 0 fully saturated rings. The maximum Gasteiger partial charge on any atom is 0.283 e. The minimum Gasteiger partial charge on any atom is -0.459 e. The first kappa shape index (κ1) is 13.9. The van der Waals surface area contributed by atoms with Crippen LogP contribution in [0, 0.1) is 0 Å². The van der Waals surface area contributed by atoms with Crippen LogP contribution in [0.15, 0.2) is 38.8 Å². The van der Waals surface area contributed by atoms with E-state index in [4.69, 9.17) is 13.9 Å². The van der Waals surface area contributed by atoms with Crippen molar-refractivity contribution < 1.29 is 13.9 Å². The second kappa shape index (κ2) is 6.61. The van der Waals surface area contributed by atoms with Gasteiger partial charge in [0.05, 0.1) is 26.0 Å². The van der Waals surface area contributed by atoms with E-state index < -0.39 is 0 Å². The molecule has 0 aliphatic heterocycles. The Hall–Kier alpha value is -2.03. The molecule has 0 amide bonds. The van der Waals surface area contributed by atoms with Gasteiger partial charge in [-0.05, 0) is 12.1 Å². The maximum atomic E-state index is 9.16. The number of aliphatic hydroxyl groups is 1. The number of hydrogen-bond acceptors (Lipinski definition) is 8. The fourth-order valence-electron chi connectivity index (χ4n) is 1.89. The van der Waals surface area contributed by atoms with Gasteiger partial charge in [0.25, 0.3) is 5.89 Å². The van der Waals surface area contributed by atoms with E-state index in [1.807, 2.05) is 10.3 Å². The van der Waals surface area contributed by atoms with Gasteiger partial charge in [-0.15, -0.1) is 21.5 Å². The zero-order chi connectivity index (χ0) is 14.5. The molecule has 3 rings (SSSR count). The van der Waals surface area contributed by atoms with E-state index in [1.165, 1.54) is 0 Å². The fourth-order valence-corrected chi connectivity index (χ4v) is 2.54. The van der Waals surface area contributed by atoms with Gasteiger partial charge < -0.3 is 13.9 Å². The Morgan fingerprint density at radius 2 is 2.24 bits per heavy atom. The summed E-state index contributed by atoms with van der Waals surface area (Å²) in [5.74, 6) is 1.38. The molecule has 0 saturated heterocycles. The van der Waals surface area contributed by atoms with Crippen molar-refractivity contribution in [2.45, 2.75) is 13.1 Å². The summed E-state index contributed by atoms with van der Waals surface area (Å²) in [6, 6.07) is 3.53. The van der Waals surface area contributed by atoms with Gasteiger partial charge in [0.2, 0.25) is 5.89 Å². The lowest BCUT2D eigenvalue weighted by atomic mass is 10.4. The van der Waals surface area contributed by atoms with Gasteiger partial charge in [-0.3, -0.25) is 4.90 Å². The lowest BCUT2D eigenvalue weighted by Crippen LogP contribution is -2.26. The quantitative estimate of drug-likeness (QED) is 0.711. The molecule has 0 atom stereocenters. The molecule has 3 aromatic heterocycles. The zero-order valence-electron chi connectivity index (χ0n) is 11.2. The predicted octanol–water partition coefficient (Wildman–Crippen LogP) is 1.78. The topological polar surface area (TPSA) is 88.4 Å². The van der Waals surface area contributed by atoms with E-state index in [1.54, 1.807) is 35.9 Å². The maximum absolute atomic E-state index is 9.16. The molecule has 3 aromatic rings. The van der Waals surface area contributed by atoms with E-state index in [9.17, 15) is 0 Å². The van der Waals surface area contributed by atoms with Crippen LogP contribution < -0.4 is 0 Å². The molecule has 0 spiro atoms. The molecule has 3 heterocycles. The normalized spacial score (nSPS) is 11.3. The van der Waals surface area contributed by atoms with Crippen molar-refractivity contribution in [2.24, 2.45) is 0 Å². The third kappa shape index (κ3) is 3.54. The molecule has 7 nitrogen and oxygen atoms in total. The summed E-state index contributed by atoms with van der Waals surface area (Å²) in [4.78, 5) is 6.24. The first-order valence-electron chi connectivity index (χ1n) is 6.43. The summed E-state index contributed by atoms with van der Waals surface area (Å²) in [7, 11) is 0. The molecule has 0 aliphatic rings. The minimum absolute atomic E-state index is 0.0601. The van der Waals surface area contributed by atoms with Crippen molar-refractivity contribution in [3.8, 4) is 11.7 Å². The number of rotatable bonds is 7. The molecular weight excluding hydrogens is 292 g/mol. The van der Waals surface area contributed by atoms with Crippen LogP contribution in [0.4, 0.5) is 0 Å². The molecule has 0 saturated carbocycles. The molecule has 0 aliphatic carbocycles. The second-order valence-corrected chi connectivity index (χ2v) is 5.32. The highest BCUT2D eigenvalue weighted by molar-refractivity contribution is 7.09. The highest BCUT2D eigenvalue weighted by Gasteiger charge is 2.15. The van der Waals surface area contributed by atoms with Gasteiger partial charge in [-0.25, -0.2) is 4.98 Å². The second-order valence-electron chi connectivity index (χ2n) is 4.34. The summed E-state index contributed by atoms with van der Waals surface area (Å²) in [6.07, 6.45) is 3.32. The molecule has 0 unspecified atom stereocenters. The molecule has 0 aromatic carbocycles. The Morgan fingerprint density at radius 3 is 2.95 bits per heavy atom. The first-order chi connectivity index (χ1) is 10.3. The van der Waals surface area contributed by atoms with Gasteiger partial charge >= 0.3 is 0 Å². The van der Waals surface area contributed by atoms with E-state index in [0.29, 0.717) is 37.2 Å². The van der Waals surface area contributed by atoms with Crippen LogP contribution in [0.25, 0.3) is 11.7 Å². The van der Waals surface area contributed by atoms with Crippen LogP contribution in [0.5, 0.6) is 0 Å². The Kier molecular flexibility index (Phi) is 4.39. The van der Waals surface area contributed by atoms with Crippen molar-refractivity contribution in [1.29, 1.82) is 0 Å². The summed E-state index contributed by atoms with van der Waals surface area (Å²) < 4.78 is 10.8. The Labute approximate surface area is 124 Å². The standard InChI is InChI=1S/C13H14N4O3S/c18-5-4-17(9-12-14-3-7-21-12)8-11-15-16-13(20-11)10-2-1-6-19-10/h1-3,6-7,18H,4-5,8-9H2. The Balaban J connectivity index is 1.68. The lowest BCUT2D eigenvalue weighted by molar-refractivity contribution is 0.172. The number of furan rings is 1. The number of aliphatic hydroxyl groups excluding tert-OH is 1. The van der Waals surface area contributed by atoms with Crippen molar-refractivity contribution in [3.05, 3.63) is 40.9 Å². The molecule has 21 heavy (non-hydrogen) atoms. The van der Waals surface area contributed by atoms with Crippen molar-refractivity contribution in [2.75, 3.05) is 13.2 Å². The van der Waals surface area contributed by atoms with E-state index >= 15 is 0 Å². The van der Waals surface area contributed by atoms with Crippen molar-refractivity contribution in [1.82, 2.24) is 20.1 Å². The predicted molar refractivity (Wildman–Crippen MR) is 75.3 cm³/mol. The van der Waals surface area contributed by atoms with Gasteiger partial charge in [-0.2, -0.15) is 0 Å². The Morgan fingerprint density at radius 1 is 1.29 bits per heavy atom. The third-order valence-corrected chi connectivity index (χ3v) is 3.58. The number of thiazole rings is 1. The molecule has 110 valence electrons. The van der Waals surface area contributed by atoms with Crippen LogP contribution in [0.1, 0.15) is 10.9 Å². The number of aromatic nitrogens is 3. The number of nitrogens with zero attached hydrogens (tertiary/aromatic N) is 4. The molecule has 0 radical (unpaired) electrons. The van der Waals surface area contributed by atoms with E-state index in [-0.39, 0.29) is 6.61 Å². The largest absolute Gasteiger partial charge is 0.459 e.